The predicted octanol–water partition coefficient (Wildman–Crippen LogP) is 4.85. The maximum atomic E-state index is 12.2. The molecular weight excluding hydrogens is 347 g/mol. The summed E-state index contributed by atoms with van der Waals surface area (Å²) in [5, 5.41) is 3.26. The molecule has 0 saturated heterocycles. The van der Waals surface area contributed by atoms with Crippen molar-refractivity contribution >= 4 is 15.9 Å². The Morgan fingerprint density at radius 3 is 2.19 bits per heavy atom. The van der Waals surface area contributed by atoms with Crippen LogP contribution < -0.4 is 5.32 Å². The molecule has 21 heavy (non-hydrogen) atoms. The number of halogens is 4. The molecule has 0 saturated carbocycles. The maximum Gasteiger partial charge on any atom is 0.391 e. The van der Waals surface area contributed by atoms with Crippen molar-refractivity contribution in [3.05, 3.63) is 34.3 Å². The topological polar surface area (TPSA) is 21.3 Å². The summed E-state index contributed by atoms with van der Waals surface area (Å²) in [6.45, 7) is 6.13. The Bertz CT molecular complexity index is 426. The molecule has 0 radical (unpaired) electrons. The fourth-order valence-electron chi connectivity index (χ4n) is 1.67. The monoisotopic (exact) mass is 367 g/mol. The first-order valence-corrected chi connectivity index (χ1v) is 7.55. The summed E-state index contributed by atoms with van der Waals surface area (Å²) in [7, 11) is 0. The quantitative estimate of drug-likeness (QED) is 0.775. The van der Waals surface area contributed by atoms with Gasteiger partial charge in [0.1, 0.15) is 0 Å². The van der Waals surface area contributed by atoms with Gasteiger partial charge in [-0.25, -0.2) is 0 Å². The van der Waals surface area contributed by atoms with Gasteiger partial charge in [0.2, 0.25) is 0 Å². The van der Waals surface area contributed by atoms with E-state index in [1.54, 1.807) is 0 Å². The smallest absolute Gasteiger partial charge is 0.372 e. The van der Waals surface area contributed by atoms with Gasteiger partial charge in [0.15, 0.2) is 0 Å². The molecule has 1 N–H and O–H groups in total. The van der Waals surface area contributed by atoms with Crippen LogP contribution in [-0.4, -0.2) is 24.9 Å². The molecule has 6 heteroatoms. The van der Waals surface area contributed by atoms with Gasteiger partial charge in [0.05, 0.1) is 19.1 Å². The van der Waals surface area contributed by atoms with Crippen molar-refractivity contribution in [2.75, 3.05) is 13.2 Å². The third kappa shape index (κ3) is 8.44. The van der Waals surface area contributed by atoms with E-state index in [1.807, 2.05) is 45.0 Å². The van der Waals surface area contributed by atoms with Gasteiger partial charge < -0.3 is 10.1 Å². The molecule has 0 heterocycles. The van der Waals surface area contributed by atoms with Gasteiger partial charge in [-0.05, 0) is 38.5 Å². The van der Waals surface area contributed by atoms with E-state index in [9.17, 15) is 13.2 Å². The van der Waals surface area contributed by atoms with Crippen molar-refractivity contribution in [2.24, 2.45) is 0 Å². The maximum absolute atomic E-state index is 12.2. The highest BCUT2D eigenvalue weighted by Gasteiger charge is 2.27. The standard InChI is InChI=1S/C15H21BrF3NO/c1-14(2,3)20-10-13(21-9-8-15(17,18)19)11-4-6-12(16)7-5-11/h4-7,13,20H,8-10H2,1-3H3. The van der Waals surface area contributed by atoms with E-state index in [0.29, 0.717) is 6.54 Å². The minimum absolute atomic E-state index is 0.124. The lowest BCUT2D eigenvalue weighted by atomic mass is 10.1. The zero-order chi connectivity index (χ0) is 16.1. The van der Waals surface area contributed by atoms with E-state index in [1.165, 1.54) is 0 Å². The highest BCUT2D eigenvalue weighted by molar-refractivity contribution is 9.10. The van der Waals surface area contributed by atoms with Gasteiger partial charge in [0, 0.05) is 16.6 Å². The summed E-state index contributed by atoms with van der Waals surface area (Å²) in [6, 6.07) is 7.42. The fraction of sp³-hybridized carbons (Fsp3) is 0.600. The van der Waals surface area contributed by atoms with Crippen LogP contribution >= 0.6 is 15.9 Å². The average Bonchev–Trinajstić information content (AvgIpc) is 2.32. The largest absolute Gasteiger partial charge is 0.391 e. The minimum atomic E-state index is -4.19. The van der Waals surface area contributed by atoms with Crippen molar-refractivity contribution in [2.45, 2.75) is 45.0 Å². The highest BCUT2D eigenvalue weighted by Crippen LogP contribution is 2.24. The first-order valence-electron chi connectivity index (χ1n) is 6.76. The fourth-order valence-corrected chi connectivity index (χ4v) is 1.93. The molecule has 1 aromatic carbocycles. The molecule has 0 aliphatic rings. The zero-order valence-electron chi connectivity index (χ0n) is 12.4. The molecule has 120 valence electrons. The Hall–Kier alpha value is -0.590. The van der Waals surface area contributed by atoms with Crippen LogP contribution in [0.3, 0.4) is 0 Å². The Morgan fingerprint density at radius 1 is 1.14 bits per heavy atom. The number of rotatable bonds is 6. The van der Waals surface area contributed by atoms with Crippen LogP contribution in [0, 0.1) is 0 Å². The van der Waals surface area contributed by atoms with Crippen LogP contribution in [-0.2, 0) is 4.74 Å². The molecule has 2 nitrogen and oxygen atoms in total. The van der Waals surface area contributed by atoms with Crippen LogP contribution in [0.2, 0.25) is 0 Å². The Morgan fingerprint density at radius 2 is 1.71 bits per heavy atom. The molecule has 0 spiro atoms. The lowest BCUT2D eigenvalue weighted by Gasteiger charge is -2.26. The van der Waals surface area contributed by atoms with E-state index in [4.69, 9.17) is 4.74 Å². The minimum Gasteiger partial charge on any atom is -0.372 e. The van der Waals surface area contributed by atoms with Crippen LogP contribution in [0.4, 0.5) is 13.2 Å². The Labute approximate surface area is 132 Å². The summed E-state index contributed by atoms with van der Waals surface area (Å²) in [5.41, 5.74) is 0.734. The first kappa shape index (κ1) is 18.5. The first-order chi connectivity index (χ1) is 9.57. The van der Waals surface area contributed by atoms with Gasteiger partial charge in [0.25, 0.3) is 0 Å². The van der Waals surface area contributed by atoms with E-state index in [-0.39, 0.29) is 12.1 Å². The lowest BCUT2D eigenvalue weighted by Crippen LogP contribution is -2.39. The molecule has 1 atom stereocenters. The summed E-state index contributed by atoms with van der Waals surface area (Å²) in [5.74, 6) is 0. The van der Waals surface area contributed by atoms with Crippen molar-refractivity contribution in [3.63, 3.8) is 0 Å². The normalized spacial score (nSPS) is 14.2. The van der Waals surface area contributed by atoms with Gasteiger partial charge in [-0.3, -0.25) is 0 Å². The zero-order valence-corrected chi connectivity index (χ0v) is 14.0. The average molecular weight is 368 g/mol. The van der Waals surface area contributed by atoms with Crippen LogP contribution in [0.5, 0.6) is 0 Å². The molecule has 0 aliphatic carbocycles. The van der Waals surface area contributed by atoms with Crippen molar-refractivity contribution in [1.82, 2.24) is 5.32 Å². The number of nitrogens with one attached hydrogen (secondary N) is 1. The molecule has 1 unspecified atom stereocenters. The third-order valence-corrected chi connectivity index (χ3v) is 3.29. The number of benzene rings is 1. The summed E-state index contributed by atoms with van der Waals surface area (Å²) < 4.78 is 43.1. The SMILES string of the molecule is CC(C)(C)NCC(OCCC(F)(F)F)c1ccc(Br)cc1. The lowest BCUT2D eigenvalue weighted by molar-refractivity contribution is -0.149. The second-order valence-corrected chi connectivity index (χ2v) is 6.82. The second-order valence-electron chi connectivity index (χ2n) is 5.91. The van der Waals surface area contributed by atoms with Crippen LogP contribution in [0.25, 0.3) is 0 Å². The Balaban J connectivity index is 2.67. The van der Waals surface area contributed by atoms with Gasteiger partial charge in [-0.2, -0.15) is 13.2 Å². The van der Waals surface area contributed by atoms with Crippen molar-refractivity contribution in [3.8, 4) is 0 Å². The molecule has 1 aromatic rings. The van der Waals surface area contributed by atoms with Gasteiger partial charge in [-0.1, -0.05) is 28.1 Å². The summed E-state index contributed by atoms with van der Waals surface area (Å²) >= 11 is 3.34. The molecule has 0 amide bonds. The second kappa shape index (κ2) is 7.61. The number of hydrogen-bond acceptors (Lipinski definition) is 2. The van der Waals surface area contributed by atoms with E-state index >= 15 is 0 Å². The molecule has 0 aromatic heterocycles. The number of ether oxygens (including phenoxy) is 1. The molecular formula is C15H21BrF3NO. The Kier molecular flexibility index (Phi) is 6.69. The van der Waals surface area contributed by atoms with Crippen molar-refractivity contribution < 1.29 is 17.9 Å². The molecule has 0 aliphatic heterocycles. The molecule has 0 fully saturated rings. The van der Waals surface area contributed by atoms with Crippen molar-refractivity contribution in [1.29, 1.82) is 0 Å². The highest BCUT2D eigenvalue weighted by atomic mass is 79.9. The van der Waals surface area contributed by atoms with Gasteiger partial charge in [-0.15, -0.1) is 0 Å². The van der Waals surface area contributed by atoms with E-state index < -0.39 is 18.7 Å². The number of alkyl halides is 3. The molecule has 1 rings (SSSR count). The van der Waals surface area contributed by atoms with Crippen LogP contribution in [0.15, 0.2) is 28.7 Å². The third-order valence-electron chi connectivity index (χ3n) is 2.76. The molecule has 0 bridgehead atoms. The predicted molar refractivity (Wildman–Crippen MR) is 81.3 cm³/mol. The van der Waals surface area contributed by atoms with E-state index in [2.05, 4.69) is 21.2 Å². The van der Waals surface area contributed by atoms with Crippen LogP contribution in [0.1, 0.15) is 38.9 Å². The van der Waals surface area contributed by atoms with Gasteiger partial charge >= 0.3 is 6.18 Å². The summed E-state index contributed by atoms with van der Waals surface area (Å²) in [6.07, 6.45) is -5.53. The number of hydrogen-bond donors (Lipinski definition) is 1. The summed E-state index contributed by atoms with van der Waals surface area (Å²) in [4.78, 5) is 0. The van der Waals surface area contributed by atoms with E-state index in [0.717, 1.165) is 10.0 Å².